The van der Waals surface area contributed by atoms with Gasteiger partial charge in [0.2, 0.25) is 0 Å². The quantitative estimate of drug-likeness (QED) is 0.0198. The van der Waals surface area contributed by atoms with Crippen LogP contribution in [0.4, 0.5) is 0 Å². The van der Waals surface area contributed by atoms with Crippen LogP contribution in [-0.2, 0) is 45.8 Å². The number of rotatable bonds is 26. The van der Waals surface area contributed by atoms with Crippen molar-refractivity contribution in [3.8, 4) is 0 Å². The minimum Gasteiger partial charge on any atom is -0.478 e. The number of piperazine rings is 3. The Morgan fingerprint density at radius 3 is 0.820 bits per heavy atom. The fourth-order valence-corrected chi connectivity index (χ4v) is 11.8. The van der Waals surface area contributed by atoms with Crippen LogP contribution < -0.4 is 5.32 Å². The number of aryl methyl sites for hydroxylation is 1. The van der Waals surface area contributed by atoms with E-state index in [1.165, 1.54) is 70.0 Å². The molecule has 692 valence electrons. The van der Waals surface area contributed by atoms with Gasteiger partial charge in [0.05, 0.1) is 19.8 Å². The summed E-state index contributed by atoms with van der Waals surface area (Å²) in [5, 5.41) is 32.2. The van der Waals surface area contributed by atoms with Gasteiger partial charge in [-0.1, -0.05) is 402 Å². The maximum absolute atomic E-state index is 9.51. The zero-order chi connectivity index (χ0) is 86.6. The number of nitrogens with one attached hydrogen (secondary N) is 1. The van der Waals surface area contributed by atoms with Gasteiger partial charge in [0.15, 0.2) is 0 Å². The third-order valence-corrected chi connectivity index (χ3v) is 17.1. The van der Waals surface area contributed by atoms with Crippen LogP contribution in [0.1, 0.15) is 181 Å². The Kier molecular flexibility index (Phi) is 116. The molecule has 3 aliphatic rings. The van der Waals surface area contributed by atoms with Crippen LogP contribution in [0.3, 0.4) is 0 Å². The van der Waals surface area contributed by atoms with Crippen molar-refractivity contribution in [2.45, 2.75) is 142 Å². The Morgan fingerprint density at radius 2 is 0.574 bits per heavy atom. The number of ether oxygens (including phenoxy) is 3. The van der Waals surface area contributed by atoms with E-state index in [1.807, 2.05) is 145 Å². The fraction of sp³-hybridized carbons (Fsp3) is 0.423. The molecule has 0 bridgehead atoms. The Morgan fingerprint density at radius 1 is 0.352 bits per heavy atom. The van der Waals surface area contributed by atoms with Gasteiger partial charge in [-0.3, -0.25) is 19.6 Å². The maximum atomic E-state index is 9.51. The van der Waals surface area contributed by atoms with E-state index >= 15 is 0 Å². The molecule has 18 heteroatoms. The summed E-state index contributed by atoms with van der Waals surface area (Å²) in [6, 6.07) is 96.5. The molecule has 0 amide bonds. The zero-order valence-electron chi connectivity index (χ0n) is 77.2. The van der Waals surface area contributed by atoms with Crippen molar-refractivity contribution in [3.05, 3.63) is 349 Å². The van der Waals surface area contributed by atoms with E-state index in [0.717, 1.165) is 152 Å². The van der Waals surface area contributed by atoms with E-state index in [1.54, 1.807) is 6.92 Å². The van der Waals surface area contributed by atoms with Crippen LogP contribution in [0.25, 0.3) is 6.08 Å². The summed E-state index contributed by atoms with van der Waals surface area (Å²) in [5.74, 6) is -0.891. The molecule has 0 unspecified atom stereocenters. The van der Waals surface area contributed by atoms with Gasteiger partial charge >= 0.3 is 5.97 Å². The average molecular weight is 1850 g/mol. The first-order valence-corrected chi connectivity index (χ1v) is 42.9. The van der Waals surface area contributed by atoms with Gasteiger partial charge in [0.1, 0.15) is 18.3 Å². The summed E-state index contributed by atoms with van der Waals surface area (Å²) in [4.78, 5) is 22.2. The minimum absolute atomic E-state index is 0. The first-order valence-electron chi connectivity index (χ1n) is 42.9. The number of aliphatic hydroxyl groups is 3. The number of aliphatic carboxylic acids is 1. The molecule has 3 aliphatic heterocycles. The number of aliphatic hydroxyl groups excluding tert-OH is 3. The van der Waals surface area contributed by atoms with Crippen molar-refractivity contribution in [2.24, 2.45) is 0 Å². The van der Waals surface area contributed by atoms with Crippen LogP contribution in [0.15, 0.2) is 297 Å². The van der Waals surface area contributed by atoms with Crippen LogP contribution in [0.2, 0.25) is 0 Å². The van der Waals surface area contributed by atoms with Crippen molar-refractivity contribution in [1.29, 1.82) is 0 Å². The first kappa shape index (κ1) is 136. The number of benzene rings is 9. The predicted molar refractivity (Wildman–Crippen MR) is 513 cm³/mol. The number of hydrogen-bond acceptors (Lipinski definition) is 13. The molecule has 0 aliphatic carbocycles. The van der Waals surface area contributed by atoms with Gasteiger partial charge in [-0.25, -0.2) is 4.79 Å². The summed E-state index contributed by atoms with van der Waals surface area (Å²) in [5.41, 5.74) is 10.0. The summed E-state index contributed by atoms with van der Waals surface area (Å²) in [6.45, 7) is 50.5. The number of allylic oxidation sites excluding steroid dienone is 1. The number of nitrogens with zero attached hydrogens (tertiary/aromatic N) is 5. The van der Waals surface area contributed by atoms with Gasteiger partial charge in [-0.2, -0.15) is 0 Å². The summed E-state index contributed by atoms with van der Waals surface area (Å²) in [7, 11) is 3.00. The normalized spacial score (nSPS) is 12.1. The molecular formula is C104H163Ar3N6O8Pd-. The van der Waals surface area contributed by atoms with Gasteiger partial charge < -0.3 is 52.3 Å². The van der Waals surface area contributed by atoms with Crippen molar-refractivity contribution >= 4 is 12.0 Å². The summed E-state index contributed by atoms with van der Waals surface area (Å²) < 4.78 is 19.0. The monoisotopic (exact) mass is 1850 g/mol. The summed E-state index contributed by atoms with van der Waals surface area (Å²) in [6.07, 6.45) is 9.48. The number of carbonyl (C=O) groups is 1. The number of carboxylic acids is 1. The molecule has 5 N–H and O–H groups in total. The van der Waals surface area contributed by atoms with Crippen LogP contribution in [0.5, 0.6) is 0 Å². The molecule has 9 aromatic rings. The van der Waals surface area contributed by atoms with E-state index in [2.05, 4.69) is 272 Å². The zero-order valence-corrected chi connectivity index (χ0v) is 80.9. The van der Waals surface area contributed by atoms with E-state index in [4.69, 9.17) is 34.6 Å². The molecule has 9 aromatic carbocycles. The smallest absolute Gasteiger partial charge is 0.327 e. The van der Waals surface area contributed by atoms with Crippen molar-refractivity contribution in [3.63, 3.8) is 0 Å². The van der Waals surface area contributed by atoms with Gasteiger partial charge in [0.25, 0.3) is 0 Å². The van der Waals surface area contributed by atoms with Gasteiger partial charge in [-0.05, 0) is 70.8 Å². The molecule has 0 spiro atoms. The molecule has 0 atom stereocenters. The van der Waals surface area contributed by atoms with E-state index < -0.39 is 5.97 Å². The van der Waals surface area contributed by atoms with Crippen molar-refractivity contribution < 1.29 is 173 Å². The number of carboxylic acid groups (broad SMARTS) is 1. The SMILES string of the molecule is C.C(=C\c1ccccc1)/CN1CCN(CCOC(c2ccccc2)c2ccccc2)CC1.C/C=C/C(=O)O.CC.CC.CC.CC.CC.CC.CC.CO.CO.CO.[Ar].[Ar].[Ar].[CH3-].[Pd].c1ccc(C(OCCN2CCNCC2)c2ccccc2)cc1.c1ccc(CCCN2CCN(CCOC(c3ccccc3)c3ccccc3)CC2)cc1.c1ccccc1. The molecule has 0 radical (unpaired) electrons. The molecule has 0 aromatic heterocycles. The van der Waals surface area contributed by atoms with E-state index in [9.17, 15) is 4.79 Å². The first-order chi connectivity index (χ1) is 57.5. The molecule has 12 rings (SSSR count). The second-order valence-corrected chi connectivity index (χ2v) is 24.0. The van der Waals surface area contributed by atoms with Crippen LogP contribution in [0, 0.1) is 121 Å². The van der Waals surface area contributed by atoms with Crippen molar-refractivity contribution in [2.75, 3.05) is 152 Å². The second kappa shape index (κ2) is 104. The largest absolute Gasteiger partial charge is 0.478 e. The van der Waals surface area contributed by atoms with Gasteiger partial charge in [-0.15, -0.1) is 0 Å². The van der Waals surface area contributed by atoms with E-state index in [-0.39, 0.29) is 167 Å². The maximum Gasteiger partial charge on any atom is 0.327 e. The Balaban J connectivity index is -0.000000188. The molecule has 14 nitrogen and oxygen atoms in total. The third-order valence-electron chi connectivity index (χ3n) is 17.1. The molecule has 3 saturated heterocycles. The fourth-order valence-electron chi connectivity index (χ4n) is 11.8. The van der Waals surface area contributed by atoms with E-state index in [0.29, 0.717) is 0 Å². The Hall–Kier alpha value is -4.11. The Labute approximate surface area is 849 Å². The van der Waals surface area contributed by atoms with Crippen LogP contribution in [-0.4, -0.2) is 203 Å². The standard InChI is InChI=1S/C28H34N2O.C28H32N2O.C19H24N2O.C6H6.C4H6O2.7C2H6.3CH4O.CH4.CH3.3Ar.Pd/c2*1-4-11-25(12-5-1)13-10-18-29-19-21-30(22-20-29)23-24-31-28(26-14-6-2-7-15-26)27-16-8-3-9-17-27;1-3-7-17(8-4-1)19(18-9-5-2-6-10-18)22-16-15-21-13-11-20-12-14-21;1-2-4-6-5-3-1;1-2-3-4(5)6;10*1-2;;;;;;/h1-9,11-12,14-17,28H,10,13,18-24H2;1-17,28H,18-24H2;1-10,19-20H,11-16H2;1-6H;2-3H,1H3,(H,5,6);7*1-2H3;3*2H,1H3;1H4;1H3;;;;/q;;;;;;;;;;;;;;;;-1;;;;/b;13-10+;;;3-2+;;;;;;;;;;;;;;;;. The molecule has 122 heavy (non-hydrogen) atoms. The molecule has 3 heterocycles. The van der Waals surface area contributed by atoms with Crippen molar-refractivity contribution in [1.82, 2.24) is 29.8 Å². The summed E-state index contributed by atoms with van der Waals surface area (Å²) >= 11 is 0. The minimum atomic E-state index is -0.891. The predicted octanol–water partition coefficient (Wildman–Crippen LogP) is 22.3. The molecule has 0 saturated carbocycles. The second-order valence-electron chi connectivity index (χ2n) is 24.0. The molecule has 3 fully saturated rings. The topological polar surface area (TPSA) is 154 Å². The molecular weight excluding hydrogens is 1690 g/mol. The Bertz CT molecular complexity index is 3310. The third kappa shape index (κ3) is 67.2. The van der Waals surface area contributed by atoms with Crippen LogP contribution >= 0.6 is 0 Å². The number of hydrogen-bond donors (Lipinski definition) is 5. The average Bonchev–Trinajstić information content (AvgIpc) is 0.861. The van der Waals surface area contributed by atoms with Gasteiger partial charge in [0, 0.05) is 266 Å².